The summed E-state index contributed by atoms with van der Waals surface area (Å²) in [6.45, 7) is 6.20. The van der Waals surface area contributed by atoms with Gasteiger partial charge in [0.15, 0.2) is 0 Å². The molecule has 112 valence electrons. The standard InChI is InChI=1S/C15H24BrN3O/c1-10-14(16)13(19(3)18-10)8-15(6-7-20-11(15)2)9-17-12-4-5-12/h11-12,17H,4-9H2,1-3H3. The van der Waals surface area contributed by atoms with Gasteiger partial charge in [-0.15, -0.1) is 0 Å². The van der Waals surface area contributed by atoms with Crippen molar-refractivity contribution in [1.82, 2.24) is 15.1 Å². The lowest BCUT2D eigenvalue weighted by Crippen LogP contribution is -2.42. The van der Waals surface area contributed by atoms with Crippen molar-refractivity contribution in [2.45, 2.75) is 51.7 Å². The van der Waals surface area contributed by atoms with Crippen LogP contribution in [0.5, 0.6) is 0 Å². The van der Waals surface area contributed by atoms with Crippen molar-refractivity contribution < 1.29 is 4.74 Å². The summed E-state index contributed by atoms with van der Waals surface area (Å²) in [4.78, 5) is 0. The molecule has 1 saturated heterocycles. The Kier molecular flexibility index (Phi) is 3.95. The van der Waals surface area contributed by atoms with Gasteiger partial charge < -0.3 is 10.1 Å². The third kappa shape index (κ3) is 2.68. The van der Waals surface area contributed by atoms with Crippen molar-refractivity contribution in [3.63, 3.8) is 0 Å². The van der Waals surface area contributed by atoms with E-state index in [1.54, 1.807) is 0 Å². The van der Waals surface area contributed by atoms with Crippen LogP contribution in [0.25, 0.3) is 0 Å². The van der Waals surface area contributed by atoms with E-state index in [0.717, 1.165) is 42.2 Å². The molecule has 1 aliphatic carbocycles. The van der Waals surface area contributed by atoms with Crippen LogP contribution in [0.3, 0.4) is 0 Å². The highest BCUT2D eigenvalue weighted by molar-refractivity contribution is 9.10. The van der Waals surface area contributed by atoms with Gasteiger partial charge in [-0.25, -0.2) is 0 Å². The van der Waals surface area contributed by atoms with Crippen molar-refractivity contribution in [2.24, 2.45) is 12.5 Å². The molecule has 0 aromatic carbocycles. The zero-order chi connectivity index (χ0) is 14.3. The summed E-state index contributed by atoms with van der Waals surface area (Å²) in [5.74, 6) is 0. The Hall–Kier alpha value is -0.390. The van der Waals surface area contributed by atoms with Gasteiger partial charge in [-0.1, -0.05) is 0 Å². The first-order valence-electron chi connectivity index (χ1n) is 7.55. The molecule has 1 aromatic rings. The number of aromatic nitrogens is 2. The Morgan fingerprint density at radius 2 is 2.25 bits per heavy atom. The molecule has 0 radical (unpaired) electrons. The van der Waals surface area contributed by atoms with Crippen LogP contribution in [0.2, 0.25) is 0 Å². The van der Waals surface area contributed by atoms with E-state index in [2.05, 4.69) is 40.2 Å². The minimum absolute atomic E-state index is 0.200. The van der Waals surface area contributed by atoms with E-state index >= 15 is 0 Å². The number of hydrogen-bond acceptors (Lipinski definition) is 3. The average molecular weight is 342 g/mol. The van der Waals surface area contributed by atoms with E-state index in [1.165, 1.54) is 18.5 Å². The lowest BCUT2D eigenvalue weighted by atomic mass is 9.77. The van der Waals surface area contributed by atoms with E-state index in [9.17, 15) is 0 Å². The van der Waals surface area contributed by atoms with Gasteiger partial charge in [0.2, 0.25) is 0 Å². The maximum absolute atomic E-state index is 5.90. The molecule has 1 saturated carbocycles. The first kappa shape index (κ1) is 14.5. The molecule has 0 spiro atoms. The second kappa shape index (κ2) is 5.43. The molecule has 1 N–H and O–H groups in total. The first-order valence-corrected chi connectivity index (χ1v) is 8.34. The molecule has 2 fully saturated rings. The zero-order valence-corrected chi connectivity index (χ0v) is 14.2. The summed E-state index contributed by atoms with van der Waals surface area (Å²) in [6, 6.07) is 0.747. The van der Waals surface area contributed by atoms with Crippen LogP contribution in [-0.4, -0.2) is 35.1 Å². The smallest absolute Gasteiger partial charge is 0.0738 e. The van der Waals surface area contributed by atoms with Gasteiger partial charge in [-0.2, -0.15) is 5.10 Å². The van der Waals surface area contributed by atoms with Gasteiger partial charge in [0, 0.05) is 31.7 Å². The summed E-state index contributed by atoms with van der Waals surface area (Å²) in [5, 5.41) is 8.24. The van der Waals surface area contributed by atoms with Crippen molar-refractivity contribution >= 4 is 15.9 Å². The molecular weight excluding hydrogens is 318 g/mol. The molecule has 0 amide bonds. The van der Waals surface area contributed by atoms with E-state index in [1.807, 2.05) is 11.7 Å². The van der Waals surface area contributed by atoms with Crippen molar-refractivity contribution in [2.75, 3.05) is 13.2 Å². The summed E-state index contributed by atoms with van der Waals surface area (Å²) in [6.07, 6.45) is 5.12. The van der Waals surface area contributed by atoms with Crippen molar-refractivity contribution in [3.8, 4) is 0 Å². The minimum atomic E-state index is 0.200. The molecule has 4 nitrogen and oxygen atoms in total. The molecule has 2 atom stereocenters. The van der Waals surface area contributed by atoms with Crippen LogP contribution in [0.1, 0.15) is 37.6 Å². The van der Waals surface area contributed by atoms with Crippen LogP contribution in [0, 0.1) is 12.3 Å². The number of hydrogen-bond donors (Lipinski definition) is 1. The molecule has 3 rings (SSSR count). The SMILES string of the molecule is Cc1nn(C)c(CC2(CNC3CC3)CCOC2C)c1Br. The Morgan fingerprint density at radius 1 is 1.50 bits per heavy atom. The lowest BCUT2D eigenvalue weighted by Gasteiger charge is -2.33. The Balaban J connectivity index is 1.81. The van der Waals surface area contributed by atoms with Gasteiger partial charge in [0.05, 0.1) is 22.0 Å². The molecular formula is C15H24BrN3O. The predicted octanol–water partition coefficient (Wildman–Crippen LogP) is 2.58. The number of ether oxygens (including phenoxy) is 1. The lowest BCUT2D eigenvalue weighted by molar-refractivity contribution is 0.0618. The second-order valence-electron chi connectivity index (χ2n) is 6.43. The van der Waals surface area contributed by atoms with Gasteiger partial charge in [0.1, 0.15) is 0 Å². The monoisotopic (exact) mass is 341 g/mol. The fourth-order valence-corrected chi connectivity index (χ4v) is 3.66. The van der Waals surface area contributed by atoms with Crippen LogP contribution < -0.4 is 5.32 Å². The van der Waals surface area contributed by atoms with E-state index in [4.69, 9.17) is 4.74 Å². The molecule has 0 bridgehead atoms. The predicted molar refractivity (Wildman–Crippen MR) is 82.8 cm³/mol. The quantitative estimate of drug-likeness (QED) is 0.894. The molecule has 2 heterocycles. The maximum atomic E-state index is 5.90. The minimum Gasteiger partial charge on any atom is -0.378 e. The Labute approximate surface area is 129 Å². The second-order valence-corrected chi connectivity index (χ2v) is 7.22. The average Bonchev–Trinajstić information content (AvgIpc) is 3.13. The van der Waals surface area contributed by atoms with Gasteiger partial charge in [-0.05, 0) is 55.5 Å². The summed E-state index contributed by atoms with van der Waals surface area (Å²) >= 11 is 3.70. The van der Waals surface area contributed by atoms with Gasteiger partial charge >= 0.3 is 0 Å². The highest BCUT2D eigenvalue weighted by Crippen LogP contribution is 2.40. The third-order valence-electron chi connectivity index (χ3n) is 4.93. The van der Waals surface area contributed by atoms with E-state index < -0.39 is 0 Å². The summed E-state index contributed by atoms with van der Waals surface area (Å²) in [5.41, 5.74) is 2.56. The molecule has 5 heteroatoms. The molecule has 1 aliphatic heterocycles. The largest absolute Gasteiger partial charge is 0.378 e. The highest BCUT2D eigenvalue weighted by atomic mass is 79.9. The van der Waals surface area contributed by atoms with Crippen LogP contribution in [-0.2, 0) is 18.2 Å². The molecule has 1 aromatic heterocycles. The summed E-state index contributed by atoms with van der Waals surface area (Å²) < 4.78 is 9.07. The topological polar surface area (TPSA) is 39.1 Å². The van der Waals surface area contributed by atoms with Crippen LogP contribution >= 0.6 is 15.9 Å². The molecule has 2 unspecified atom stereocenters. The Bertz CT molecular complexity index is 498. The van der Waals surface area contributed by atoms with Crippen LogP contribution in [0.4, 0.5) is 0 Å². The van der Waals surface area contributed by atoms with E-state index in [0.29, 0.717) is 6.10 Å². The van der Waals surface area contributed by atoms with Crippen molar-refractivity contribution in [1.29, 1.82) is 0 Å². The van der Waals surface area contributed by atoms with Crippen LogP contribution in [0.15, 0.2) is 4.47 Å². The third-order valence-corrected chi connectivity index (χ3v) is 5.96. The van der Waals surface area contributed by atoms with Crippen molar-refractivity contribution in [3.05, 3.63) is 15.9 Å². The molecule has 20 heavy (non-hydrogen) atoms. The number of halogens is 1. The van der Waals surface area contributed by atoms with Gasteiger partial charge in [-0.3, -0.25) is 4.68 Å². The zero-order valence-electron chi connectivity index (χ0n) is 12.6. The number of aryl methyl sites for hydroxylation is 2. The fourth-order valence-electron chi connectivity index (χ4n) is 3.19. The van der Waals surface area contributed by atoms with E-state index in [-0.39, 0.29) is 5.41 Å². The maximum Gasteiger partial charge on any atom is 0.0738 e. The normalized spacial score (nSPS) is 30.1. The number of rotatable bonds is 5. The highest BCUT2D eigenvalue weighted by Gasteiger charge is 2.43. The number of nitrogens with one attached hydrogen (secondary N) is 1. The fraction of sp³-hybridized carbons (Fsp3) is 0.800. The summed E-state index contributed by atoms with van der Waals surface area (Å²) in [7, 11) is 2.04. The van der Waals surface area contributed by atoms with Gasteiger partial charge in [0.25, 0.3) is 0 Å². The molecule has 2 aliphatic rings. The first-order chi connectivity index (χ1) is 9.52. The number of nitrogens with zero attached hydrogens (tertiary/aromatic N) is 2. The Morgan fingerprint density at radius 3 is 2.75 bits per heavy atom.